The average molecular weight is 540 g/mol. The second kappa shape index (κ2) is 11.6. The predicted molar refractivity (Wildman–Crippen MR) is 182 cm³/mol. The summed E-state index contributed by atoms with van der Waals surface area (Å²) in [5.74, 6) is 0. The Kier molecular flexibility index (Phi) is 8.16. The van der Waals surface area contributed by atoms with Crippen molar-refractivity contribution >= 4 is 46.3 Å². The summed E-state index contributed by atoms with van der Waals surface area (Å²) in [5.41, 5.74) is 12.4. The van der Waals surface area contributed by atoms with Gasteiger partial charge in [-0.1, -0.05) is 123 Å². The highest BCUT2D eigenvalue weighted by atomic mass is 31.2. The Hall–Kier alpha value is -3.41. The maximum absolute atomic E-state index is 2.44. The van der Waals surface area contributed by atoms with Crippen LogP contribution in [0.25, 0.3) is 0 Å². The lowest BCUT2D eigenvalue weighted by molar-refractivity contribution is 1.34. The van der Waals surface area contributed by atoms with Crippen LogP contribution in [0.3, 0.4) is 0 Å². The molecule has 200 valence electrons. The summed E-state index contributed by atoms with van der Waals surface area (Å²) in [5, 5.41) is 4.34. The van der Waals surface area contributed by atoms with E-state index >= 15 is 0 Å². The molecule has 0 nitrogen and oxygen atoms in total. The van der Waals surface area contributed by atoms with E-state index in [0.29, 0.717) is 0 Å². The molecule has 0 aliphatic carbocycles. The van der Waals surface area contributed by atoms with Gasteiger partial charge in [0, 0.05) is 0 Å². The van der Waals surface area contributed by atoms with Crippen LogP contribution in [0.5, 0.6) is 0 Å². The Morgan fingerprint density at radius 1 is 0.475 bits per heavy atom. The lowest BCUT2D eigenvalue weighted by Gasteiger charge is -2.28. The summed E-state index contributed by atoms with van der Waals surface area (Å²) in [6, 6.07) is 41.5. The van der Waals surface area contributed by atoms with E-state index in [1.807, 2.05) is 0 Å². The molecule has 0 atom stereocenters. The van der Waals surface area contributed by atoms with E-state index in [-0.39, 0.29) is 6.71 Å². The Balaban J connectivity index is 1.73. The van der Waals surface area contributed by atoms with Gasteiger partial charge in [-0.25, -0.2) is 0 Å². The number of aryl methyl sites for hydroxylation is 6. The number of hydrogen-bond donors (Lipinski definition) is 0. The quantitative estimate of drug-likeness (QED) is 0.167. The second-order valence-corrected chi connectivity index (χ2v) is 15.2. The van der Waals surface area contributed by atoms with Crippen molar-refractivity contribution in [1.82, 2.24) is 0 Å². The van der Waals surface area contributed by atoms with Gasteiger partial charge < -0.3 is 0 Å². The zero-order chi connectivity index (χ0) is 28.4. The van der Waals surface area contributed by atoms with Crippen molar-refractivity contribution < 1.29 is 0 Å². The van der Waals surface area contributed by atoms with E-state index < -0.39 is 7.26 Å². The maximum atomic E-state index is 2.44. The average Bonchev–Trinajstić information content (AvgIpc) is 2.93. The van der Waals surface area contributed by atoms with E-state index in [1.165, 1.54) is 65.7 Å². The van der Waals surface area contributed by atoms with Crippen molar-refractivity contribution in [2.45, 2.75) is 48.5 Å². The Labute approximate surface area is 242 Å². The van der Waals surface area contributed by atoms with Gasteiger partial charge in [0.2, 0.25) is 6.71 Å². The van der Waals surface area contributed by atoms with Gasteiger partial charge in [0.25, 0.3) is 0 Å². The molecule has 0 aliphatic heterocycles. The molecule has 0 aliphatic rings. The van der Waals surface area contributed by atoms with Crippen molar-refractivity contribution in [1.29, 1.82) is 0 Å². The predicted octanol–water partition coefficient (Wildman–Crippen LogP) is 6.37. The summed E-state index contributed by atoms with van der Waals surface area (Å²) < 4.78 is 0. The zero-order valence-corrected chi connectivity index (χ0v) is 26.0. The van der Waals surface area contributed by atoms with Gasteiger partial charge in [-0.3, -0.25) is 0 Å². The monoisotopic (exact) mass is 539 g/mol. The molecule has 0 saturated heterocycles. The molecule has 0 aromatic heterocycles. The van der Waals surface area contributed by atoms with Gasteiger partial charge in [0.05, 0.1) is 6.16 Å². The Bertz CT molecular complexity index is 1480. The van der Waals surface area contributed by atoms with Crippen molar-refractivity contribution in [2.75, 3.05) is 6.16 Å². The van der Waals surface area contributed by atoms with Crippen LogP contribution in [0.2, 0.25) is 0 Å². The van der Waals surface area contributed by atoms with Crippen LogP contribution in [0.15, 0.2) is 109 Å². The topological polar surface area (TPSA) is 0 Å². The smallest absolute Gasteiger partial charge is 0.0683 e. The minimum Gasteiger partial charge on any atom is -0.0683 e. The van der Waals surface area contributed by atoms with Crippen LogP contribution in [0.1, 0.15) is 40.3 Å². The Morgan fingerprint density at radius 3 is 1.18 bits per heavy atom. The first-order valence-electron chi connectivity index (χ1n) is 14.5. The van der Waals surface area contributed by atoms with E-state index in [4.69, 9.17) is 0 Å². The summed E-state index contributed by atoms with van der Waals surface area (Å²) in [6.45, 7) is 16.1. The fourth-order valence-electron chi connectivity index (χ4n) is 7.05. The van der Waals surface area contributed by atoms with Crippen LogP contribution >= 0.6 is 7.26 Å². The first-order chi connectivity index (χ1) is 19.3. The molecule has 5 aromatic carbocycles. The highest BCUT2D eigenvalue weighted by Gasteiger charge is 2.43. The first kappa shape index (κ1) is 28.1. The van der Waals surface area contributed by atoms with Gasteiger partial charge in [-0.15, -0.1) is 0 Å². The molecule has 5 aromatic rings. The lowest BCUT2D eigenvalue weighted by Crippen LogP contribution is -2.56. The van der Waals surface area contributed by atoms with Gasteiger partial charge in [0.1, 0.15) is 23.2 Å². The maximum Gasteiger partial charge on any atom is 0.242 e. The third-order valence-corrected chi connectivity index (χ3v) is 13.1. The molecule has 0 N–H and O–H groups in total. The third-order valence-electron chi connectivity index (χ3n) is 8.59. The number of hydrogen-bond acceptors (Lipinski definition) is 0. The van der Waals surface area contributed by atoms with Crippen molar-refractivity contribution in [3.05, 3.63) is 143 Å². The highest BCUT2D eigenvalue weighted by molar-refractivity contribution is 7.95. The molecule has 0 unspecified atom stereocenters. The molecule has 0 saturated carbocycles. The third kappa shape index (κ3) is 5.09. The summed E-state index contributed by atoms with van der Waals surface area (Å²) in [4.78, 5) is 0. The molecule has 5 rings (SSSR count). The molecule has 0 amide bonds. The molecule has 40 heavy (non-hydrogen) atoms. The molecule has 0 radical (unpaired) electrons. The largest absolute Gasteiger partial charge is 0.242 e. The molecule has 0 bridgehead atoms. The lowest BCUT2D eigenvalue weighted by atomic mass is 9.34. The summed E-state index contributed by atoms with van der Waals surface area (Å²) in [7, 11) is -1.78. The SMILES string of the molecule is CC[P+](c1ccccc1)(c1ccccc1)c1ccc(B(c2c(C)cc(C)cc2C)c2c(C)cc(C)cc2C)cc1. The van der Waals surface area contributed by atoms with E-state index in [2.05, 4.69) is 158 Å². The highest BCUT2D eigenvalue weighted by Crippen LogP contribution is 2.54. The van der Waals surface area contributed by atoms with Gasteiger partial charge in [-0.2, -0.15) is 0 Å². The van der Waals surface area contributed by atoms with Crippen LogP contribution < -0.4 is 32.3 Å². The molecular formula is C38H41BP+. The zero-order valence-electron chi connectivity index (χ0n) is 25.1. The summed E-state index contributed by atoms with van der Waals surface area (Å²) >= 11 is 0. The molecule has 2 heteroatoms. The van der Waals surface area contributed by atoms with Crippen LogP contribution in [0.4, 0.5) is 0 Å². The van der Waals surface area contributed by atoms with E-state index in [9.17, 15) is 0 Å². The van der Waals surface area contributed by atoms with Gasteiger partial charge in [-0.05, 0) is 84.9 Å². The van der Waals surface area contributed by atoms with Crippen LogP contribution in [0, 0.1) is 41.5 Å². The van der Waals surface area contributed by atoms with Crippen molar-refractivity contribution in [3.8, 4) is 0 Å². The fraction of sp³-hybridized carbons (Fsp3) is 0.211. The Morgan fingerprint density at radius 2 is 0.825 bits per heavy atom. The minimum atomic E-state index is -1.78. The number of benzene rings is 5. The van der Waals surface area contributed by atoms with Gasteiger partial charge in [0.15, 0.2) is 0 Å². The molecule has 0 fully saturated rings. The van der Waals surface area contributed by atoms with Gasteiger partial charge >= 0.3 is 0 Å². The molecule has 0 spiro atoms. The van der Waals surface area contributed by atoms with Crippen molar-refractivity contribution in [3.63, 3.8) is 0 Å². The normalized spacial score (nSPS) is 11.5. The standard InChI is InChI=1S/C38H41BP/c1-8-40(34-15-11-9-12-16-34,35-17-13-10-14-18-35)36-21-19-33(20-22-36)39(37-29(4)23-27(2)24-30(37)5)38-31(6)25-28(3)26-32(38)7/h9-26H,8H2,1-7H3/q+1. The summed E-state index contributed by atoms with van der Waals surface area (Å²) in [6.07, 6.45) is 1.09. The van der Waals surface area contributed by atoms with Crippen molar-refractivity contribution in [2.24, 2.45) is 0 Å². The van der Waals surface area contributed by atoms with Crippen LogP contribution in [-0.4, -0.2) is 12.9 Å². The second-order valence-electron chi connectivity index (χ2n) is 11.4. The first-order valence-corrected chi connectivity index (χ1v) is 16.5. The van der Waals surface area contributed by atoms with E-state index in [0.717, 1.165) is 6.16 Å². The minimum absolute atomic E-state index is 0.193. The number of rotatable bonds is 7. The molecule has 0 heterocycles. The van der Waals surface area contributed by atoms with Crippen LogP contribution in [-0.2, 0) is 0 Å². The van der Waals surface area contributed by atoms with E-state index in [1.54, 1.807) is 0 Å². The molecular weight excluding hydrogens is 498 g/mol. The fourth-order valence-corrected chi connectivity index (χ4v) is 11.1.